The van der Waals surface area contributed by atoms with Crippen molar-refractivity contribution >= 4 is 11.6 Å². The number of rotatable bonds is 4. The summed E-state index contributed by atoms with van der Waals surface area (Å²) < 4.78 is 5.27. The first-order valence-electron chi connectivity index (χ1n) is 4.89. The van der Waals surface area contributed by atoms with Crippen LogP contribution in [0.2, 0.25) is 5.02 Å². The summed E-state index contributed by atoms with van der Waals surface area (Å²) in [7, 11) is 1.63. The van der Waals surface area contributed by atoms with Crippen LogP contribution in [0.3, 0.4) is 0 Å². The van der Waals surface area contributed by atoms with Gasteiger partial charge in [0, 0.05) is 16.6 Å². The highest BCUT2D eigenvalue weighted by molar-refractivity contribution is 6.31. The highest BCUT2D eigenvalue weighted by Gasteiger charge is 2.13. The molecule has 0 aliphatic rings. The summed E-state index contributed by atoms with van der Waals surface area (Å²) in [5.74, 6) is 0.776. The van der Waals surface area contributed by atoms with E-state index in [0.717, 1.165) is 23.3 Å². The lowest BCUT2D eigenvalue weighted by molar-refractivity contribution is 0.404. The molecule has 0 aliphatic heterocycles. The molecule has 0 amide bonds. The second-order valence-corrected chi connectivity index (χ2v) is 3.93. The predicted molar refractivity (Wildman–Crippen MR) is 63.3 cm³/mol. The Morgan fingerprint density at radius 3 is 2.67 bits per heavy atom. The Bertz CT molecular complexity index is 342. The molecule has 1 aromatic carbocycles. The minimum absolute atomic E-state index is 0.122. The lowest BCUT2D eigenvalue weighted by Gasteiger charge is -2.16. The van der Waals surface area contributed by atoms with Crippen molar-refractivity contribution < 1.29 is 4.74 Å². The van der Waals surface area contributed by atoms with Crippen LogP contribution < -0.4 is 16.2 Å². The Kier molecular flexibility index (Phi) is 4.39. The van der Waals surface area contributed by atoms with Gasteiger partial charge in [-0.1, -0.05) is 11.6 Å². The quantitative estimate of drug-likeness (QED) is 0.829. The number of benzene rings is 1. The van der Waals surface area contributed by atoms with Crippen molar-refractivity contribution in [3.05, 3.63) is 28.3 Å². The van der Waals surface area contributed by atoms with Crippen molar-refractivity contribution in [3.63, 3.8) is 0 Å². The van der Waals surface area contributed by atoms with Crippen molar-refractivity contribution in [1.82, 2.24) is 0 Å². The Balaban J connectivity index is 3.09. The zero-order chi connectivity index (χ0) is 11.4. The maximum Gasteiger partial charge on any atom is 0.123 e. The minimum atomic E-state index is -0.122. The normalized spacial score (nSPS) is 12.6. The molecule has 4 N–H and O–H groups in total. The van der Waals surface area contributed by atoms with Gasteiger partial charge in [0.1, 0.15) is 5.75 Å². The summed E-state index contributed by atoms with van der Waals surface area (Å²) in [4.78, 5) is 0. The van der Waals surface area contributed by atoms with Gasteiger partial charge in [-0.25, -0.2) is 0 Å². The van der Waals surface area contributed by atoms with Gasteiger partial charge in [0.25, 0.3) is 0 Å². The monoisotopic (exact) mass is 228 g/mol. The van der Waals surface area contributed by atoms with Crippen LogP contribution in [0.1, 0.15) is 23.6 Å². The summed E-state index contributed by atoms with van der Waals surface area (Å²) in [6.45, 7) is 2.49. The van der Waals surface area contributed by atoms with Crippen LogP contribution in [-0.2, 0) is 0 Å². The van der Waals surface area contributed by atoms with Gasteiger partial charge in [-0.05, 0) is 37.6 Å². The smallest absolute Gasteiger partial charge is 0.123 e. The highest BCUT2D eigenvalue weighted by atomic mass is 35.5. The fraction of sp³-hybridized carbons (Fsp3) is 0.455. The average molecular weight is 229 g/mol. The number of hydrogen-bond donors (Lipinski definition) is 2. The minimum Gasteiger partial charge on any atom is -0.496 e. The Labute approximate surface area is 95.4 Å². The van der Waals surface area contributed by atoms with Gasteiger partial charge in [0.15, 0.2) is 0 Å². The fourth-order valence-electron chi connectivity index (χ4n) is 1.47. The van der Waals surface area contributed by atoms with Crippen LogP contribution in [0.4, 0.5) is 0 Å². The van der Waals surface area contributed by atoms with Crippen LogP contribution in [0, 0.1) is 6.92 Å². The van der Waals surface area contributed by atoms with E-state index in [4.69, 9.17) is 27.8 Å². The van der Waals surface area contributed by atoms with E-state index in [1.165, 1.54) is 0 Å². The van der Waals surface area contributed by atoms with Gasteiger partial charge >= 0.3 is 0 Å². The first-order valence-corrected chi connectivity index (χ1v) is 5.27. The second kappa shape index (κ2) is 5.35. The molecular formula is C11H17ClN2O. The van der Waals surface area contributed by atoms with E-state index in [2.05, 4.69) is 0 Å². The van der Waals surface area contributed by atoms with E-state index < -0.39 is 0 Å². The Morgan fingerprint density at radius 1 is 1.47 bits per heavy atom. The molecule has 0 radical (unpaired) electrons. The van der Waals surface area contributed by atoms with Crippen molar-refractivity contribution in [2.45, 2.75) is 19.4 Å². The van der Waals surface area contributed by atoms with Crippen molar-refractivity contribution in [2.75, 3.05) is 13.7 Å². The van der Waals surface area contributed by atoms with Crippen LogP contribution in [-0.4, -0.2) is 13.7 Å². The molecule has 0 spiro atoms. The van der Waals surface area contributed by atoms with Gasteiger partial charge in [-0.2, -0.15) is 0 Å². The third kappa shape index (κ3) is 2.84. The van der Waals surface area contributed by atoms with Crippen molar-refractivity contribution in [3.8, 4) is 5.75 Å². The lowest BCUT2D eigenvalue weighted by Crippen LogP contribution is -2.16. The summed E-state index contributed by atoms with van der Waals surface area (Å²) in [6, 6.07) is 3.63. The molecule has 0 fully saturated rings. The number of aryl methyl sites for hydroxylation is 1. The Morgan fingerprint density at radius 2 is 2.13 bits per heavy atom. The van der Waals surface area contributed by atoms with Crippen LogP contribution in [0.5, 0.6) is 5.75 Å². The SMILES string of the molecule is COc1cc(C)c(Cl)cc1C(N)CCN. The van der Waals surface area contributed by atoms with E-state index in [9.17, 15) is 0 Å². The summed E-state index contributed by atoms with van der Waals surface area (Å²) in [6.07, 6.45) is 0.718. The molecule has 0 aliphatic carbocycles. The molecule has 0 aromatic heterocycles. The molecule has 4 heteroatoms. The summed E-state index contributed by atoms with van der Waals surface area (Å²) in [5, 5.41) is 0.707. The molecule has 0 saturated carbocycles. The van der Waals surface area contributed by atoms with Gasteiger partial charge in [0.05, 0.1) is 7.11 Å². The third-order valence-electron chi connectivity index (χ3n) is 2.39. The molecule has 0 bridgehead atoms. The highest BCUT2D eigenvalue weighted by Crippen LogP contribution is 2.31. The maximum absolute atomic E-state index is 6.04. The van der Waals surface area contributed by atoms with E-state index in [1.54, 1.807) is 7.11 Å². The van der Waals surface area contributed by atoms with E-state index in [-0.39, 0.29) is 6.04 Å². The van der Waals surface area contributed by atoms with Gasteiger partial charge < -0.3 is 16.2 Å². The molecule has 1 unspecified atom stereocenters. The van der Waals surface area contributed by atoms with E-state index in [1.807, 2.05) is 19.1 Å². The largest absolute Gasteiger partial charge is 0.496 e. The standard InChI is InChI=1S/C11H17ClN2O/c1-7-5-11(15-2)8(6-9(7)12)10(14)3-4-13/h5-6,10H,3-4,13-14H2,1-2H3. The number of methoxy groups -OCH3 is 1. The van der Waals surface area contributed by atoms with E-state index in [0.29, 0.717) is 11.6 Å². The molecule has 3 nitrogen and oxygen atoms in total. The topological polar surface area (TPSA) is 61.3 Å². The second-order valence-electron chi connectivity index (χ2n) is 3.53. The van der Waals surface area contributed by atoms with E-state index >= 15 is 0 Å². The molecular weight excluding hydrogens is 212 g/mol. The molecule has 0 saturated heterocycles. The summed E-state index contributed by atoms with van der Waals surface area (Å²) >= 11 is 6.04. The van der Waals surface area contributed by atoms with Crippen LogP contribution >= 0.6 is 11.6 Å². The first kappa shape index (κ1) is 12.3. The predicted octanol–water partition coefficient (Wildman–Crippen LogP) is 2.01. The van der Waals surface area contributed by atoms with Gasteiger partial charge in [-0.3, -0.25) is 0 Å². The van der Waals surface area contributed by atoms with Crippen molar-refractivity contribution in [1.29, 1.82) is 0 Å². The number of halogens is 1. The molecule has 1 atom stereocenters. The number of nitrogens with two attached hydrogens (primary N) is 2. The molecule has 0 heterocycles. The molecule has 84 valence electrons. The number of hydrogen-bond acceptors (Lipinski definition) is 3. The molecule has 15 heavy (non-hydrogen) atoms. The van der Waals surface area contributed by atoms with Gasteiger partial charge in [0.2, 0.25) is 0 Å². The summed E-state index contributed by atoms with van der Waals surface area (Å²) in [5.41, 5.74) is 13.4. The maximum atomic E-state index is 6.04. The average Bonchev–Trinajstić information content (AvgIpc) is 2.21. The van der Waals surface area contributed by atoms with Gasteiger partial charge in [-0.15, -0.1) is 0 Å². The number of ether oxygens (including phenoxy) is 1. The van der Waals surface area contributed by atoms with Crippen molar-refractivity contribution in [2.24, 2.45) is 11.5 Å². The zero-order valence-corrected chi connectivity index (χ0v) is 9.84. The van der Waals surface area contributed by atoms with Crippen LogP contribution in [0.25, 0.3) is 0 Å². The zero-order valence-electron chi connectivity index (χ0n) is 9.09. The first-order chi connectivity index (χ1) is 7.10. The fourth-order valence-corrected chi connectivity index (χ4v) is 1.64. The molecule has 1 aromatic rings. The molecule has 1 rings (SSSR count). The lowest BCUT2D eigenvalue weighted by atomic mass is 10.0. The van der Waals surface area contributed by atoms with Crippen LogP contribution in [0.15, 0.2) is 12.1 Å². The third-order valence-corrected chi connectivity index (χ3v) is 2.80. The Hall–Kier alpha value is -0.770.